The molecule has 1 saturated heterocycles. The van der Waals surface area contributed by atoms with E-state index in [1.165, 1.54) is 12.1 Å². The average molecular weight is 326 g/mol. The van der Waals surface area contributed by atoms with E-state index >= 15 is 0 Å². The Morgan fingerprint density at radius 2 is 2.08 bits per heavy atom. The van der Waals surface area contributed by atoms with Gasteiger partial charge in [0.15, 0.2) is 0 Å². The molecule has 0 bridgehead atoms. The summed E-state index contributed by atoms with van der Waals surface area (Å²) in [5.74, 6) is -0.472. The number of aromatic nitrogens is 1. The van der Waals surface area contributed by atoms with Crippen LogP contribution in [0.15, 0.2) is 36.5 Å². The van der Waals surface area contributed by atoms with Gasteiger partial charge in [0.2, 0.25) is 0 Å². The Balaban J connectivity index is 1.61. The van der Waals surface area contributed by atoms with E-state index in [1.807, 2.05) is 25.4 Å². The van der Waals surface area contributed by atoms with Gasteiger partial charge in [0.25, 0.3) is 5.91 Å². The summed E-state index contributed by atoms with van der Waals surface area (Å²) in [6.07, 6.45) is 3.42. The molecule has 1 aliphatic heterocycles. The molecule has 2 aromatic rings. The van der Waals surface area contributed by atoms with Crippen LogP contribution in [0.5, 0.6) is 0 Å². The van der Waals surface area contributed by atoms with Gasteiger partial charge >= 0.3 is 0 Å². The molecule has 5 nitrogen and oxygen atoms in total. The third-order valence-corrected chi connectivity index (χ3v) is 4.43. The number of aryl methyl sites for hydroxylation is 1. The zero-order valence-electron chi connectivity index (χ0n) is 13.5. The summed E-state index contributed by atoms with van der Waals surface area (Å²) < 4.78 is 15.0. The van der Waals surface area contributed by atoms with Crippen molar-refractivity contribution in [2.45, 2.75) is 18.9 Å². The molecule has 1 fully saturated rings. The monoisotopic (exact) mass is 326 g/mol. The molecule has 1 amide bonds. The lowest BCUT2D eigenvalue weighted by atomic mass is 10.0. The van der Waals surface area contributed by atoms with E-state index in [-0.39, 0.29) is 11.9 Å². The number of nitrogens with zero attached hydrogens (tertiary/aromatic N) is 3. The molecule has 0 unspecified atom stereocenters. The summed E-state index contributed by atoms with van der Waals surface area (Å²) in [6, 6.07) is 10.1. The van der Waals surface area contributed by atoms with Crippen molar-refractivity contribution in [1.82, 2.24) is 9.88 Å². The van der Waals surface area contributed by atoms with Gasteiger partial charge in [0.05, 0.1) is 11.3 Å². The van der Waals surface area contributed by atoms with E-state index in [9.17, 15) is 14.4 Å². The first-order chi connectivity index (χ1) is 11.6. The zero-order chi connectivity index (χ0) is 17.1. The van der Waals surface area contributed by atoms with Crippen LogP contribution in [-0.2, 0) is 7.05 Å². The number of piperidine rings is 1. The highest BCUT2D eigenvalue weighted by atomic mass is 19.1. The van der Waals surface area contributed by atoms with Crippen LogP contribution in [0.1, 0.15) is 28.9 Å². The highest BCUT2D eigenvalue weighted by Gasteiger charge is 2.23. The molecule has 0 radical (unpaired) electrons. The maximum Gasteiger partial charge on any atom is 0.268 e. The smallest absolute Gasteiger partial charge is 0.268 e. The van der Waals surface area contributed by atoms with Crippen LogP contribution >= 0.6 is 0 Å². The normalized spacial score (nSPS) is 15.1. The van der Waals surface area contributed by atoms with Crippen LogP contribution in [0, 0.1) is 17.1 Å². The van der Waals surface area contributed by atoms with Gasteiger partial charge in [-0.2, -0.15) is 5.26 Å². The van der Waals surface area contributed by atoms with Gasteiger partial charge in [-0.15, -0.1) is 0 Å². The summed E-state index contributed by atoms with van der Waals surface area (Å²) in [4.78, 5) is 14.3. The van der Waals surface area contributed by atoms with Crippen molar-refractivity contribution in [3.05, 3.63) is 53.6 Å². The standard InChI is InChI=1S/C18H19FN4O/c1-22-8-2-3-17(22)18(24)21-15-6-9-23(10-7-15)16-5-4-14(19)11-13(16)12-20/h2-5,8,11,15H,6-7,9-10H2,1H3,(H,21,24). The fourth-order valence-corrected chi connectivity index (χ4v) is 3.09. The molecule has 0 spiro atoms. The topological polar surface area (TPSA) is 61.1 Å². The van der Waals surface area contributed by atoms with Crippen LogP contribution < -0.4 is 10.2 Å². The Hall–Kier alpha value is -2.81. The molecule has 0 saturated carbocycles. The van der Waals surface area contributed by atoms with E-state index < -0.39 is 5.82 Å². The Morgan fingerprint density at radius 3 is 2.71 bits per heavy atom. The summed E-state index contributed by atoms with van der Waals surface area (Å²) >= 11 is 0. The minimum Gasteiger partial charge on any atom is -0.370 e. The molecular weight excluding hydrogens is 307 g/mol. The van der Waals surface area contributed by atoms with Gasteiger partial charge in [0.1, 0.15) is 17.6 Å². The number of nitriles is 1. The summed E-state index contributed by atoms with van der Waals surface area (Å²) in [5, 5.41) is 12.2. The third-order valence-electron chi connectivity index (χ3n) is 4.43. The van der Waals surface area contributed by atoms with Gasteiger partial charge in [-0.3, -0.25) is 4.79 Å². The lowest BCUT2D eigenvalue weighted by Gasteiger charge is -2.34. The fraction of sp³-hybridized carbons (Fsp3) is 0.333. The van der Waals surface area contributed by atoms with Crippen molar-refractivity contribution in [2.75, 3.05) is 18.0 Å². The Labute approximate surface area is 140 Å². The summed E-state index contributed by atoms with van der Waals surface area (Å²) in [6.45, 7) is 1.44. The quantitative estimate of drug-likeness (QED) is 0.942. The maximum atomic E-state index is 13.3. The fourth-order valence-electron chi connectivity index (χ4n) is 3.09. The van der Waals surface area contributed by atoms with Crippen molar-refractivity contribution < 1.29 is 9.18 Å². The number of halogens is 1. The molecule has 1 aliphatic rings. The zero-order valence-corrected chi connectivity index (χ0v) is 13.5. The molecular formula is C18H19FN4O. The number of hydrogen-bond acceptors (Lipinski definition) is 3. The first-order valence-electron chi connectivity index (χ1n) is 7.95. The Morgan fingerprint density at radius 1 is 1.33 bits per heavy atom. The van der Waals surface area contributed by atoms with Crippen molar-refractivity contribution in [2.24, 2.45) is 7.05 Å². The highest BCUT2D eigenvalue weighted by molar-refractivity contribution is 5.92. The molecule has 6 heteroatoms. The molecule has 1 aromatic carbocycles. The number of hydrogen-bond donors (Lipinski definition) is 1. The van der Waals surface area contributed by atoms with E-state index in [2.05, 4.69) is 10.2 Å². The molecule has 124 valence electrons. The number of nitrogens with one attached hydrogen (secondary N) is 1. The Kier molecular flexibility index (Phi) is 4.52. The average Bonchev–Trinajstić information content (AvgIpc) is 3.02. The van der Waals surface area contributed by atoms with Crippen LogP contribution in [-0.4, -0.2) is 29.6 Å². The SMILES string of the molecule is Cn1cccc1C(=O)NC1CCN(c2ccc(F)cc2C#N)CC1. The van der Waals surface area contributed by atoms with Crippen molar-refractivity contribution in [3.8, 4) is 6.07 Å². The first-order valence-corrected chi connectivity index (χ1v) is 7.95. The predicted molar refractivity (Wildman–Crippen MR) is 89.2 cm³/mol. The number of benzene rings is 1. The minimum absolute atomic E-state index is 0.0690. The van der Waals surface area contributed by atoms with Gasteiger partial charge < -0.3 is 14.8 Å². The molecule has 0 atom stereocenters. The minimum atomic E-state index is -0.403. The highest BCUT2D eigenvalue weighted by Crippen LogP contribution is 2.24. The number of anilines is 1. The lowest BCUT2D eigenvalue weighted by Crippen LogP contribution is -2.45. The van der Waals surface area contributed by atoms with Crippen LogP contribution in [0.4, 0.5) is 10.1 Å². The number of rotatable bonds is 3. The van der Waals surface area contributed by atoms with E-state index in [0.29, 0.717) is 11.3 Å². The van der Waals surface area contributed by atoms with Gasteiger partial charge in [-0.25, -0.2) is 4.39 Å². The van der Waals surface area contributed by atoms with Crippen molar-refractivity contribution >= 4 is 11.6 Å². The maximum absolute atomic E-state index is 13.3. The molecule has 0 aliphatic carbocycles. The second-order valence-electron chi connectivity index (χ2n) is 6.01. The molecule has 2 heterocycles. The van der Waals surface area contributed by atoms with E-state index in [4.69, 9.17) is 0 Å². The second-order valence-corrected chi connectivity index (χ2v) is 6.01. The van der Waals surface area contributed by atoms with Crippen LogP contribution in [0.2, 0.25) is 0 Å². The summed E-state index contributed by atoms with van der Waals surface area (Å²) in [5.41, 5.74) is 1.75. The molecule has 3 rings (SSSR count). The predicted octanol–water partition coefficient (Wildman–Crippen LogP) is 2.43. The van der Waals surface area contributed by atoms with Gasteiger partial charge in [0, 0.05) is 32.4 Å². The summed E-state index contributed by atoms with van der Waals surface area (Å²) in [7, 11) is 1.84. The van der Waals surface area contributed by atoms with Crippen LogP contribution in [0.3, 0.4) is 0 Å². The van der Waals surface area contributed by atoms with Crippen molar-refractivity contribution in [3.63, 3.8) is 0 Å². The van der Waals surface area contributed by atoms with E-state index in [0.717, 1.165) is 31.6 Å². The van der Waals surface area contributed by atoms with Gasteiger partial charge in [-0.1, -0.05) is 0 Å². The van der Waals surface area contributed by atoms with Crippen LogP contribution in [0.25, 0.3) is 0 Å². The largest absolute Gasteiger partial charge is 0.370 e. The van der Waals surface area contributed by atoms with Gasteiger partial charge in [-0.05, 0) is 43.2 Å². The first kappa shape index (κ1) is 16.1. The lowest BCUT2D eigenvalue weighted by molar-refractivity contribution is 0.0923. The number of carbonyl (C=O) groups excluding carboxylic acids is 1. The number of carbonyl (C=O) groups is 1. The second kappa shape index (κ2) is 6.75. The molecule has 1 aromatic heterocycles. The number of amides is 1. The van der Waals surface area contributed by atoms with Crippen molar-refractivity contribution in [1.29, 1.82) is 5.26 Å². The third kappa shape index (κ3) is 3.25. The molecule has 24 heavy (non-hydrogen) atoms. The Bertz CT molecular complexity index is 785. The molecule has 1 N–H and O–H groups in total. The van der Waals surface area contributed by atoms with E-state index in [1.54, 1.807) is 16.7 Å².